The molecule has 0 saturated carbocycles. The molecule has 0 amide bonds. The van der Waals surface area contributed by atoms with E-state index in [2.05, 4.69) is 75.4 Å². The smallest absolute Gasteiger partial charge is 0.0109 e. The summed E-state index contributed by atoms with van der Waals surface area (Å²) in [4.78, 5) is 0. The van der Waals surface area contributed by atoms with E-state index in [9.17, 15) is 0 Å². The van der Waals surface area contributed by atoms with Gasteiger partial charge in [0.2, 0.25) is 0 Å². The van der Waals surface area contributed by atoms with E-state index in [4.69, 9.17) is 0 Å². The van der Waals surface area contributed by atoms with Gasteiger partial charge in [0.25, 0.3) is 0 Å². The fourth-order valence-electron chi connectivity index (χ4n) is 1.95. The summed E-state index contributed by atoms with van der Waals surface area (Å²) in [6.07, 6.45) is 0. The lowest BCUT2D eigenvalue weighted by atomic mass is 9.93. The Kier molecular flexibility index (Phi) is 3.43. The summed E-state index contributed by atoms with van der Waals surface area (Å²) in [6, 6.07) is 19.2. The van der Waals surface area contributed by atoms with Crippen molar-refractivity contribution in [1.82, 2.24) is 0 Å². The Morgan fingerprint density at radius 1 is 0.706 bits per heavy atom. The third-order valence-corrected chi connectivity index (χ3v) is 3.17. The average molecular weight is 222 g/mol. The Balaban J connectivity index is 2.61. The van der Waals surface area contributed by atoms with Gasteiger partial charge >= 0.3 is 0 Å². The largest absolute Gasteiger partial charge is 0.0729 e. The summed E-state index contributed by atoms with van der Waals surface area (Å²) in [6.45, 7) is 6.52. The molecule has 0 aliphatic rings. The second kappa shape index (κ2) is 5.01. The van der Waals surface area contributed by atoms with Crippen LogP contribution in [-0.2, 0) is 0 Å². The van der Waals surface area contributed by atoms with Gasteiger partial charge in [-0.1, -0.05) is 60.2 Å². The molecule has 0 spiro atoms. The summed E-state index contributed by atoms with van der Waals surface area (Å²) in [5.74, 6) is 0. The second-order valence-electron chi connectivity index (χ2n) is 4.54. The Morgan fingerprint density at radius 3 is 1.94 bits per heavy atom. The summed E-state index contributed by atoms with van der Waals surface area (Å²) < 4.78 is 0. The van der Waals surface area contributed by atoms with E-state index in [1.807, 2.05) is 0 Å². The van der Waals surface area contributed by atoms with E-state index in [0.29, 0.717) is 0 Å². The summed E-state index contributed by atoms with van der Waals surface area (Å²) in [7, 11) is 0. The molecule has 0 N–H and O–H groups in total. The van der Waals surface area contributed by atoms with Gasteiger partial charge in [-0.2, -0.15) is 0 Å². The monoisotopic (exact) mass is 222 g/mol. The zero-order valence-electron chi connectivity index (χ0n) is 10.7. The number of rotatable bonds is 2. The van der Waals surface area contributed by atoms with Crippen molar-refractivity contribution in [3.63, 3.8) is 0 Å². The van der Waals surface area contributed by atoms with Crippen LogP contribution in [0.15, 0.2) is 60.2 Å². The van der Waals surface area contributed by atoms with Crippen LogP contribution in [0, 0.1) is 0 Å². The van der Waals surface area contributed by atoms with Crippen LogP contribution in [0.3, 0.4) is 0 Å². The second-order valence-corrected chi connectivity index (χ2v) is 4.54. The molecule has 0 aromatic heterocycles. The topological polar surface area (TPSA) is 0 Å². The zero-order chi connectivity index (χ0) is 12.3. The van der Waals surface area contributed by atoms with E-state index in [1.54, 1.807) is 0 Å². The van der Waals surface area contributed by atoms with E-state index in [0.717, 1.165) is 0 Å². The van der Waals surface area contributed by atoms with Crippen LogP contribution in [0.2, 0.25) is 0 Å². The molecule has 2 aromatic rings. The van der Waals surface area contributed by atoms with Crippen LogP contribution in [0.5, 0.6) is 0 Å². The molecule has 0 saturated heterocycles. The van der Waals surface area contributed by atoms with E-state index in [-0.39, 0.29) is 0 Å². The van der Waals surface area contributed by atoms with Crippen LogP contribution in [0.4, 0.5) is 0 Å². The molecule has 0 radical (unpaired) electrons. The SMILES string of the molecule is CC(C)=C(C)c1ccccc1-c1ccccc1. The van der Waals surface area contributed by atoms with E-state index < -0.39 is 0 Å². The van der Waals surface area contributed by atoms with Gasteiger partial charge in [-0.25, -0.2) is 0 Å². The highest BCUT2D eigenvalue weighted by atomic mass is 14.1. The Labute approximate surface area is 104 Å². The fourth-order valence-corrected chi connectivity index (χ4v) is 1.95. The number of benzene rings is 2. The van der Waals surface area contributed by atoms with Crippen LogP contribution in [0.25, 0.3) is 16.7 Å². The first kappa shape index (κ1) is 11.7. The molecule has 17 heavy (non-hydrogen) atoms. The minimum Gasteiger partial charge on any atom is -0.0729 e. The van der Waals surface area contributed by atoms with Crippen molar-refractivity contribution < 1.29 is 0 Å². The van der Waals surface area contributed by atoms with Crippen molar-refractivity contribution >= 4 is 5.57 Å². The molecule has 2 aromatic carbocycles. The molecule has 0 aliphatic carbocycles. The van der Waals surface area contributed by atoms with Gasteiger partial charge in [-0.3, -0.25) is 0 Å². The normalized spacial score (nSPS) is 10.1. The van der Waals surface area contributed by atoms with Crippen molar-refractivity contribution in [2.45, 2.75) is 20.8 Å². The third-order valence-electron chi connectivity index (χ3n) is 3.17. The van der Waals surface area contributed by atoms with Gasteiger partial charge in [0.1, 0.15) is 0 Å². The van der Waals surface area contributed by atoms with Crippen LogP contribution < -0.4 is 0 Å². The molecule has 0 unspecified atom stereocenters. The first-order chi connectivity index (χ1) is 8.20. The molecule has 86 valence electrons. The Morgan fingerprint density at radius 2 is 1.29 bits per heavy atom. The lowest BCUT2D eigenvalue weighted by Gasteiger charge is -2.11. The molecule has 0 atom stereocenters. The molecule has 2 rings (SSSR count). The van der Waals surface area contributed by atoms with Crippen LogP contribution >= 0.6 is 0 Å². The van der Waals surface area contributed by atoms with Gasteiger partial charge in [0, 0.05) is 0 Å². The predicted octanol–water partition coefficient (Wildman–Crippen LogP) is 5.17. The van der Waals surface area contributed by atoms with Gasteiger partial charge in [0.15, 0.2) is 0 Å². The standard InChI is InChI=1S/C17H18/c1-13(2)14(3)16-11-7-8-12-17(16)15-9-5-4-6-10-15/h4-12H,1-3H3. The lowest BCUT2D eigenvalue weighted by Crippen LogP contribution is -1.88. The minimum atomic E-state index is 1.28. The van der Waals surface area contributed by atoms with Gasteiger partial charge in [0.05, 0.1) is 0 Å². The minimum absolute atomic E-state index is 1.28. The van der Waals surface area contributed by atoms with Gasteiger partial charge < -0.3 is 0 Å². The molecule has 0 fully saturated rings. The summed E-state index contributed by atoms with van der Waals surface area (Å²) >= 11 is 0. The quantitative estimate of drug-likeness (QED) is 0.657. The molecular weight excluding hydrogens is 204 g/mol. The number of hydrogen-bond acceptors (Lipinski definition) is 0. The molecule has 0 heterocycles. The molecule has 0 heteroatoms. The Bertz CT molecular complexity index is 529. The van der Waals surface area contributed by atoms with Crippen LogP contribution in [0.1, 0.15) is 26.3 Å². The molecule has 0 nitrogen and oxygen atoms in total. The highest BCUT2D eigenvalue weighted by Gasteiger charge is 2.06. The highest BCUT2D eigenvalue weighted by molar-refractivity contribution is 5.81. The van der Waals surface area contributed by atoms with Gasteiger partial charge in [-0.15, -0.1) is 0 Å². The Hall–Kier alpha value is -1.82. The number of hydrogen-bond donors (Lipinski definition) is 0. The maximum atomic E-state index is 2.20. The third kappa shape index (κ3) is 2.47. The van der Waals surface area contributed by atoms with E-state index in [1.165, 1.54) is 27.8 Å². The van der Waals surface area contributed by atoms with Crippen molar-refractivity contribution in [3.8, 4) is 11.1 Å². The first-order valence-electron chi connectivity index (χ1n) is 5.99. The van der Waals surface area contributed by atoms with Crippen LogP contribution in [-0.4, -0.2) is 0 Å². The molecule has 0 bridgehead atoms. The fraction of sp³-hybridized carbons (Fsp3) is 0.176. The summed E-state index contributed by atoms with van der Waals surface area (Å²) in [5.41, 5.74) is 6.66. The van der Waals surface area contributed by atoms with Crippen molar-refractivity contribution in [2.24, 2.45) is 0 Å². The zero-order valence-corrected chi connectivity index (χ0v) is 10.7. The van der Waals surface area contributed by atoms with Crippen molar-refractivity contribution in [1.29, 1.82) is 0 Å². The molecular formula is C17H18. The van der Waals surface area contributed by atoms with Crippen molar-refractivity contribution in [3.05, 3.63) is 65.7 Å². The van der Waals surface area contributed by atoms with Gasteiger partial charge in [-0.05, 0) is 43.0 Å². The first-order valence-corrected chi connectivity index (χ1v) is 5.99. The van der Waals surface area contributed by atoms with Crippen molar-refractivity contribution in [2.75, 3.05) is 0 Å². The predicted molar refractivity (Wildman–Crippen MR) is 75.8 cm³/mol. The average Bonchev–Trinajstić information content (AvgIpc) is 2.39. The maximum Gasteiger partial charge on any atom is -0.0109 e. The lowest BCUT2D eigenvalue weighted by molar-refractivity contribution is 1.36. The maximum absolute atomic E-state index is 2.20. The van der Waals surface area contributed by atoms with E-state index >= 15 is 0 Å². The highest BCUT2D eigenvalue weighted by Crippen LogP contribution is 2.29. The molecule has 0 aliphatic heterocycles. The number of allylic oxidation sites excluding steroid dienone is 2. The summed E-state index contributed by atoms with van der Waals surface area (Å²) in [5, 5.41) is 0.